The number of pyridine rings is 1. The van der Waals surface area contributed by atoms with Crippen LogP contribution in [0, 0.1) is 0 Å². The molecule has 1 aliphatic heterocycles. The quantitative estimate of drug-likeness (QED) is 0.500. The maximum Gasteiger partial charge on any atom is 0.408 e. The highest BCUT2D eigenvalue weighted by atomic mass is 16.4. The largest absolute Gasteiger partial charge is 0.465 e. The van der Waals surface area contributed by atoms with E-state index in [0.717, 1.165) is 16.6 Å². The molecular formula is C21H27N7O3. The van der Waals surface area contributed by atoms with E-state index in [1.165, 1.54) is 4.90 Å². The lowest BCUT2D eigenvalue weighted by atomic mass is 9.94. The van der Waals surface area contributed by atoms with Gasteiger partial charge in [0.1, 0.15) is 5.65 Å². The van der Waals surface area contributed by atoms with Crippen molar-refractivity contribution in [1.82, 2.24) is 24.8 Å². The van der Waals surface area contributed by atoms with Crippen molar-refractivity contribution in [2.24, 2.45) is 0 Å². The Morgan fingerprint density at radius 2 is 2.03 bits per heavy atom. The number of amides is 1. The summed E-state index contributed by atoms with van der Waals surface area (Å²) in [5.41, 5.74) is 8.27. The molecule has 5 N–H and O–H groups in total. The van der Waals surface area contributed by atoms with Crippen LogP contribution in [0.5, 0.6) is 0 Å². The number of aromatic amines is 1. The van der Waals surface area contributed by atoms with Crippen molar-refractivity contribution in [3.63, 3.8) is 0 Å². The van der Waals surface area contributed by atoms with Gasteiger partial charge in [0.15, 0.2) is 0 Å². The van der Waals surface area contributed by atoms with Gasteiger partial charge in [0.25, 0.3) is 0 Å². The van der Waals surface area contributed by atoms with Crippen LogP contribution in [-0.4, -0.2) is 71.9 Å². The van der Waals surface area contributed by atoms with Gasteiger partial charge in [0.2, 0.25) is 5.95 Å². The average molecular weight is 425 g/mol. The number of nitrogens with two attached hydrogens (primary N) is 1. The molecule has 0 unspecified atom stereocenters. The SMILES string of the molecule is CC(C)(C)N(C(=O)O)[C@H]1CCN(c2ccnc3[nH]cc(-c4ccnc(N)n4)c23)C[C@H]1O. The van der Waals surface area contributed by atoms with Crippen molar-refractivity contribution >= 4 is 28.8 Å². The number of carbonyl (C=O) groups is 1. The summed E-state index contributed by atoms with van der Waals surface area (Å²) in [5, 5.41) is 21.5. The monoisotopic (exact) mass is 425 g/mol. The molecule has 0 aliphatic carbocycles. The second-order valence-electron chi connectivity index (χ2n) is 8.75. The third-order valence-electron chi connectivity index (χ3n) is 5.65. The summed E-state index contributed by atoms with van der Waals surface area (Å²) >= 11 is 0. The molecule has 0 radical (unpaired) electrons. The molecule has 1 fully saturated rings. The van der Waals surface area contributed by atoms with Crippen LogP contribution >= 0.6 is 0 Å². The number of aromatic nitrogens is 4. The summed E-state index contributed by atoms with van der Waals surface area (Å²) < 4.78 is 0. The Balaban J connectivity index is 1.68. The number of H-pyrrole nitrogens is 1. The minimum Gasteiger partial charge on any atom is -0.465 e. The predicted molar refractivity (Wildman–Crippen MR) is 118 cm³/mol. The number of anilines is 2. The molecule has 0 saturated carbocycles. The number of aliphatic hydroxyl groups excluding tert-OH is 1. The van der Waals surface area contributed by atoms with Crippen molar-refractivity contribution in [1.29, 1.82) is 0 Å². The van der Waals surface area contributed by atoms with E-state index in [4.69, 9.17) is 5.73 Å². The molecule has 2 atom stereocenters. The number of fused-ring (bicyclic) bond motifs is 1. The van der Waals surface area contributed by atoms with Crippen molar-refractivity contribution in [3.8, 4) is 11.3 Å². The van der Waals surface area contributed by atoms with Crippen LogP contribution in [0.15, 0.2) is 30.7 Å². The van der Waals surface area contributed by atoms with Crippen molar-refractivity contribution < 1.29 is 15.0 Å². The smallest absolute Gasteiger partial charge is 0.408 e. The lowest BCUT2D eigenvalue weighted by Crippen LogP contribution is -2.60. The lowest BCUT2D eigenvalue weighted by Gasteiger charge is -2.46. The summed E-state index contributed by atoms with van der Waals surface area (Å²) in [4.78, 5) is 31.2. The minimum absolute atomic E-state index is 0.185. The molecule has 1 saturated heterocycles. The molecule has 1 amide bonds. The van der Waals surface area contributed by atoms with Gasteiger partial charge in [0, 0.05) is 42.8 Å². The van der Waals surface area contributed by atoms with Gasteiger partial charge < -0.3 is 25.8 Å². The number of piperidine rings is 1. The molecule has 10 nitrogen and oxygen atoms in total. The fourth-order valence-electron chi connectivity index (χ4n) is 4.39. The first-order chi connectivity index (χ1) is 14.7. The van der Waals surface area contributed by atoms with E-state index in [9.17, 15) is 15.0 Å². The van der Waals surface area contributed by atoms with Gasteiger partial charge in [-0.1, -0.05) is 0 Å². The maximum absolute atomic E-state index is 11.9. The fourth-order valence-corrected chi connectivity index (χ4v) is 4.39. The highest BCUT2D eigenvalue weighted by molar-refractivity contribution is 6.02. The minimum atomic E-state index is -1.02. The molecule has 0 spiro atoms. The van der Waals surface area contributed by atoms with Crippen molar-refractivity contribution in [3.05, 3.63) is 30.7 Å². The molecule has 31 heavy (non-hydrogen) atoms. The molecule has 1 aliphatic rings. The van der Waals surface area contributed by atoms with Gasteiger partial charge in [-0.05, 0) is 39.3 Å². The van der Waals surface area contributed by atoms with E-state index in [1.54, 1.807) is 18.5 Å². The fraction of sp³-hybridized carbons (Fsp3) is 0.429. The maximum atomic E-state index is 11.9. The predicted octanol–water partition coefficient (Wildman–Crippen LogP) is 2.32. The molecule has 10 heteroatoms. The number of carboxylic acid groups (broad SMARTS) is 1. The third-order valence-corrected chi connectivity index (χ3v) is 5.65. The third kappa shape index (κ3) is 3.86. The van der Waals surface area contributed by atoms with E-state index >= 15 is 0 Å². The molecule has 4 heterocycles. The topological polar surface area (TPSA) is 144 Å². The number of hydrogen-bond donors (Lipinski definition) is 4. The van der Waals surface area contributed by atoms with Crippen molar-refractivity contribution in [2.75, 3.05) is 23.7 Å². The Bertz CT molecular complexity index is 1110. The average Bonchev–Trinajstić information content (AvgIpc) is 3.12. The highest BCUT2D eigenvalue weighted by Gasteiger charge is 2.40. The van der Waals surface area contributed by atoms with Crippen molar-refractivity contribution in [2.45, 2.75) is 44.9 Å². The number of β-amino-alcohol motifs (C(OH)–C–C–N with tert-alkyl or cyclic N) is 1. The molecule has 3 aromatic rings. The Hall–Kier alpha value is -3.40. The molecular weight excluding hydrogens is 398 g/mol. The molecule has 0 aromatic carbocycles. The van der Waals surface area contributed by atoms with Crippen LogP contribution in [0.1, 0.15) is 27.2 Å². The first-order valence-corrected chi connectivity index (χ1v) is 10.2. The van der Waals surface area contributed by atoms with Gasteiger partial charge in [0.05, 0.1) is 28.9 Å². The normalized spacial score (nSPS) is 19.5. The lowest BCUT2D eigenvalue weighted by molar-refractivity contribution is -0.000725. The van der Waals surface area contributed by atoms with Gasteiger partial charge in [-0.25, -0.2) is 19.7 Å². The number of rotatable bonds is 3. The summed E-state index contributed by atoms with van der Waals surface area (Å²) in [6, 6.07) is 3.21. The van der Waals surface area contributed by atoms with Gasteiger partial charge in [-0.3, -0.25) is 4.90 Å². The zero-order valence-corrected chi connectivity index (χ0v) is 17.8. The van der Waals surface area contributed by atoms with Crippen LogP contribution in [0.2, 0.25) is 0 Å². The highest BCUT2D eigenvalue weighted by Crippen LogP contribution is 2.36. The van der Waals surface area contributed by atoms with Crippen LogP contribution in [0.4, 0.5) is 16.4 Å². The van der Waals surface area contributed by atoms with Crippen LogP contribution in [0.25, 0.3) is 22.3 Å². The molecule has 164 valence electrons. The second kappa shape index (κ2) is 7.69. The molecule has 3 aromatic heterocycles. The summed E-state index contributed by atoms with van der Waals surface area (Å²) in [5.74, 6) is 0.185. The second-order valence-corrected chi connectivity index (χ2v) is 8.75. The standard InChI is InChI=1S/C21H27N7O3/c1-21(2,3)28(20(30)31)14-6-9-27(11-16(14)29)15-5-8-23-18-17(15)12(10-25-18)13-4-7-24-19(22)26-13/h4-5,7-8,10,14,16,29H,6,9,11H2,1-3H3,(H,23,25)(H,30,31)(H2,22,24,26)/t14-,16+/m0/s1. The number of nitrogen functional groups attached to an aromatic ring is 1. The van der Waals surface area contributed by atoms with E-state index in [-0.39, 0.29) is 5.95 Å². The number of hydrogen-bond acceptors (Lipinski definition) is 7. The van der Waals surface area contributed by atoms with E-state index in [2.05, 4.69) is 24.8 Å². The van der Waals surface area contributed by atoms with Crippen LogP contribution in [-0.2, 0) is 0 Å². The zero-order valence-electron chi connectivity index (χ0n) is 17.8. The van der Waals surface area contributed by atoms with E-state index in [0.29, 0.717) is 30.9 Å². The molecule has 0 bridgehead atoms. The number of nitrogens with one attached hydrogen (secondary N) is 1. The zero-order chi connectivity index (χ0) is 22.3. The number of nitrogens with zero attached hydrogens (tertiary/aromatic N) is 5. The van der Waals surface area contributed by atoms with Gasteiger partial charge >= 0.3 is 6.09 Å². The van der Waals surface area contributed by atoms with Crippen LogP contribution in [0.3, 0.4) is 0 Å². The first-order valence-electron chi connectivity index (χ1n) is 10.2. The Labute approximate surface area is 179 Å². The Morgan fingerprint density at radius 1 is 1.29 bits per heavy atom. The summed E-state index contributed by atoms with van der Waals surface area (Å²) in [7, 11) is 0. The first kappa shape index (κ1) is 20.9. The Morgan fingerprint density at radius 3 is 2.68 bits per heavy atom. The summed E-state index contributed by atoms with van der Waals surface area (Å²) in [6.45, 7) is 6.42. The van der Waals surface area contributed by atoms with E-state index in [1.807, 2.05) is 33.0 Å². The molecule has 4 rings (SSSR count). The summed E-state index contributed by atoms with van der Waals surface area (Å²) in [6.07, 6.45) is 3.81. The van der Waals surface area contributed by atoms with Crippen LogP contribution < -0.4 is 10.6 Å². The number of aliphatic hydroxyl groups is 1. The van der Waals surface area contributed by atoms with Gasteiger partial charge in [-0.2, -0.15) is 0 Å². The van der Waals surface area contributed by atoms with E-state index < -0.39 is 23.8 Å². The Kier molecular flexibility index (Phi) is 5.18. The van der Waals surface area contributed by atoms with Gasteiger partial charge in [-0.15, -0.1) is 0 Å².